The molecule has 1 aromatic heterocycles. The minimum atomic E-state index is -1.24. The Morgan fingerprint density at radius 3 is 2.75 bits per heavy atom. The van der Waals surface area contributed by atoms with Crippen LogP contribution in [0, 0.1) is 17.6 Å². The molecule has 2 aliphatic heterocycles. The summed E-state index contributed by atoms with van der Waals surface area (Å²) in [5, 5.41) is 0. The Hall–Kier alpha value is -1.30. The number of anilines is 1. The number of hydrogen-bond acceptors (Lipinski definition) is 3. The summed E-state index contributed by atoms with van der Waals surface area (Å²) in [6, 6.07) is 0.975. The molecule has 0 saturated carbocycles. The van der Waals surface area contributed by atoms with Crippen LogP contribution in [-0.2, 0) is 0 Å². The summed E-state index contributed by atoms with van der Waals surface area (Å²) < 4.78 is 40.2. The molecule has 2 saturated heterocycles. The van der Waals surface area contributed by atoms with Gasteiger partial charge in [-0.15, -0.1) is 0 Å². The van der Waals surface area contributed by atoms with Crippen LogP contribution in [0.25, 0.3) is 0 Å². The number of piperidine rings is 1. The first-order chi connectivity index (χ1) is 9.56. The molecule has 0 amide bonds. The van der Waals surface area contributed by atoms with Gasteiger partial charge in [-0.05, 0) is 26.3 Å². The van der Waals surface area contributed by atoms with Crippen LogP contribution in [-0.4, -0.2) is 41.6 Å². The Morgan fingerprint density at radius 1 is 1.15 bits per heavy atom. The Balaban J connectivity index is 1.88. The summed E-state index contributed by atoms with van der Waals surface area (Å²) in [4.78, 5) is 7.65. The Bertz CT molecular complexity index is 509. The highest BCUT2D eigenvalue weighted by Crippen LogP contribution is 2.29. The standard InChI is InChI=1S/C14H18F3N3/c1-9-7-19-5-3-2-4-10(19)8-20(9)14-12(16)6-11(15)13(17)18-14/h6,9-10H,2-5,7-8H2,1H3. The second kappa shape index (κ2) is 5.24. The Labute approximate surface area is 116 Å². The van der Waals surface area contributed by atoms with Crippen molar-refractivity contribution in [2.75, 3.05) is 24.5 Å². The van der Waals surface area contributed by atoms with E-state index >= 15 is 0 Å². The van der Waals surface area contributed by atoms with Crippen LogP contribution >= 0.6 is 0 Å². The molecule has 2 fully saturated rings. The van der Waals surface area contributed by atoms with Crippen LogP contribution < -0.4 is 4.90 Å². The highest BCUT2D eigenvalue weighted by molar-refractivity contribution is 5.42. The number of aromatic nitrogens is 1. The highest BCUT2D eigenvalue weighted by Gasteiger charge is 2.35. The molecule has 6 heteroatoms. The molecule has 0 radical (unpaired) electrons. The van der Waals surface area contributed by atoms with E-state index in [2.05, 4.69) is 9.88 Å². The average molecular weight is 285 g/mol. The first kappa shape index (κ1) is 13.7. The fourth-order valence-corrected chi connectivity index (χ4v) is 3.28. The fraction of sp³-hybridized carbons (Fsp3) is 0.643. The molecule has 110 valence electrons. The van der Waals surface area contributed by atoms with Crippen LogP contribution in [0.5, 0.6) is 0 Å². The van der Waals surface area contributed by atoms with Gasteiger partial charge in [-0.3, -0.25) is 4.90 Å². The van der Waals surface area contributed by atoms with E-state index in [9.17, 15) is 13.2 Å². The lowest BCUT2D eigenvalue weighted by atomic mass is 9.97. The van der Waals surface area contributed by atoms with E-state index in [1.807, 2.05) is 6.92 Å². The molecular weight excluding hydrogens is 267 g/mol. The zero-order valence-corrected chi connectivity index (χ0v) is 11.5. The summed E-state index contributed by atoms with van der Waals surface area (Å²) in [5.74, 6) is -3.34. The first-order valence-electron chi connectivity index (χ1n) is 7.08. The normalized spacial score (nSPS) is 27.5. The smallest absolute Gasteiger partial charge is 0.251 e. The summed E-state index contributed by atoms with van der Waals surface area (Å²) in [6.07, 6.45) is 3.42. The number of halogens is 3. The van der Waals surface area contributed by atoms with Crippen molar-refractivity contribution in [2.45, 2.75) is 38.3 Å². The van der Waals surface area contributed by atoms with Crippen molar-refractivity contribution >= 4 is 5.82 Å². The van der Waals surface area contributed by atoms with Crippen molar-refractivity contribution in [1.29, 1.82) is 0 Å². The largest absolute Gasteiger partial charge is 0.349 e. The van der Waals surface area contributed by atoms with Gasteiger partial charge < -0.3 is 4.90 Å². The van der Waals surface area contributed by atoms with Gasteiger partial charge in [-0.25, -0.2) is 8.78 Å². The maximum Gasteiger partial charge on any atom is 0.251 e. The predicted molar refractivity (Wildman–Crippen MR) is 70.1 cm³/mol. The third kappa shape index (κ3) is 2.37. The second-order valence-electron chi connectivity index (χ2n) is 5.71. The lowest BCUT2D eigenvalue weighted by Gasteiger charge is -2.48. The van der Waals surface area contributed by atoms with Gasteiger partial charge >= 0.3 is 0 Å². The molecule has 3 nitrogen and oxygen atoms in total. The SMILES string of the molecule is CC1CN2CCCCC2CN1c1nc(F)c(F)cc1F. The quantitative estimate of drug-likeness (QED) is 0.739. The summed E-state index contributed by atoms with van der Waals surface area (Å²) in [5.41, 5.74) is 0. The van der Waals surface area contributed by atoms with E-state index in [0.717, 1.165) is 25.9 Å². The molecular formula is C14H18F3N3. The highest BCUT2D eigenvalue weighted by atomic mass is 19.2. The van der Waals surface area contributed by atoms with Crippen LogP contribution in [0.4, 0.5) is 19.0 Å². The average Bonchev–Trinajstić information content (AvgIpc) is 2.42. The lowest BCUT2D eigenvalue weighted by Crippen LogP contribution is -2.59. The summed E-state index contributed by atoms with van der Waals surface area (Å²) >= 11 is 0. The minimum Gasteiger partial charge on any atom is -0.349 e. The van der Waals surface area contributed by atoms with Crippen molar-refractivity contribution < 1.29 is 13.2 Å². The molecule has 20 heavy (non-hydrogen) atoms. The van der Waals surface area contributed by atoms with E-state index in [1.54, 1.807) is 4.90 Å². The van der Waals surface area contributed by atoms with Gasteiger partial charge in [0.25, 0.3) is 5.95 Å². The monoisotopic (exact) mass is 285 g/mol. The van der Waals surface area contributed by atoms with E-state index in [1.165, 1.54) is 6.42 Å². The Kier molecular flexibility index (Phi) is 3.58. The molecule has 3 rings (SSSR count). The number of piperazine rings is 1. The first-order valence-corrected chi connectivity index (χ1v) is 7.08. The minimum absolute atomic E-state index is 0.0382. The molecule has 0 aliphatic carbocycles. The lowest BCUT2D eigenvalue weighted by molar-refractivity contribution is 0.114. The maximum absolute atomic E-state index is 13.9. The van der Waals surface area contributed by atoms with Crippen LogP contribution in [0.3, 0.4) is 0 Å². The zero-order chi connectivity index (χ0) is 14.3. The van der Waals surface area contributed by atoms with Gasteiger partial charge in [0.2, 0.25) is 0 Å². The summed E-state index contributed by atoms with van der Waals surface area (Å²) in [7, 11) is 0. The van der Waals surface area contributed by atoms with E-state index in [-0.39, 0.29) is 11.9 Å². The molecule has 0 aromatic carbocycles. The molecule has 0 bridgehead atoms. The van der Waals surface area contributed by atoms with Gasteiger partial charge in [0.1, 0.15) is 0 Å². The van der Waals surface area contributed by atoms with Gasteiger partial charge in [-0.2, -0.15) is 9.37 Å². The maximum atomic E-state index is 13.9. The number of pyridine rings is 1. The van der Waals surface area contributed by atoms with Crippen LogP contribution in [0.15, 0.2) is 6.07 Å². The van der Waals surface area contributed by atoms with E-state index in [4.69, 9.17) is 0 Å². The number of fused-ring (bicyclic) bond motifs is 1. The van der Waals surface area contributed by atoms with E-state index in [0.29, 0.717) is 18.7 Å². The third-order valence-electron chi connectivity index (χ3n) is 4.33. The fourth-order valence-electron chi connectivity index (χ4n) is 3.28. The van der Waals surface area contributed by atoms with E-state index < -0.39 is 17.6 Å². The van der Waals surface area contributed by atoms with Gasteiger partial charge in [0, 0.05) is 31.2 Å². The molecule has 2 atom stereocenters. The van der Waals surface area contributed by atoms with Crippen LogP contribution in [0.1, 0.15) is 26.2 Å². The number of hydrogen-bond donors (Lipinski definition) is 0. The number of nitrogens with zero attached hydrogens (tertiary/aromatic N) is 3. The third-order valence-corrected chi connectivity index (χ3v) is 4.33. The van der Waals surface area contributed by atoms with Crippen molar-refractivity contribution in [3.8, 4) is 0 Å². The van der Waals surface area contributed by atoms with Crippen molar-refractivity contribution in [3.05, 3.63) is 23.6 Å². The molecule has 1 aromatic rings. The molecule has 2 unspecified atom stereocenters. The number of rotatable bonds is 1. The van der Waals surface area contributed by atoms with Gasteiger partial charge in [0.15, 0.2) is 17.5 Å². The van der Waals surface area contributed by atoms with Crippen molar-refractivity contribution in [2.24, 2.45) is 0 Å². The molecule has 3 heterocycles. The summed E-state index contributed by atoms with van der Waals surface area (Å²) in [6.45, 7) is 4.46. The van der Waals surface area contributed by atoms with Gasteiger partial charge in [-0.1, -0.05) is 6.42 Å². The topological polar surface area (TPSA) is 19.4 Å². The van der Waals surface area contributed by atoms with Crippen molar-refractivity contribution in [3.63, 3.8) is 0 Å². The molecule has 0 spiro atoms. The zero-order valence-electron chi connectivity index (χ0n) is 11.5. The van der Waals surface area contributed by atoms with Crippen LogP contribution in [0.2, 0.25) is 0 Å². The Morgan fingerprint density at radius 2 is 1.95 bits per heavy atom. The van der Waals surface area contributed by atoms with Crippen molar-refractivity contribution in [1.82, 2.24) is 9.88 Å². The van der Waals surface area contributed by atoms with Gasteiger partial charge in [0.05, 0.1) is 0 Å². The predicted octanol–water partition coefficient (Wildman–Crippen LogP) is 2.56. The molecule has 2 aliphatic rings. The molecule has 0 N–H and O–H groups in total. The second-order valence-corrected chi connectivity index (χ2v) is 5.71.